The highest BCUT2D eigenvalue weighted by Gasteiger charge is 2.36. The van der Waals surface area contributed by atoms with Gasteiger partial charge in [0.25, 0.3) is 0 Å². The lowest BCUT2D eigenvalue weighted by Gasteiger charge is -2.27. The minimum absolute atomic E-state index is 0.211. The molecule has 1 N–H and O–H groups in total. The molecule has 0 spiro atoms. The van der Waals surface area contributed by atoms with Gasteiger partial charge in [0.15, 0.2) is 0 Å². The summed E-state index contributed by atoms with van der Waals surface area (Å²) in [6.45, 7) is 7.93. The van der Waals surface area contributed by atoms with Crippen molar-refractivity contribution in [2.45, 2.75) is 46.1 Å². The van der Waals surface area contributed by atoms with Crippen LogP contribution in [0.4, 0.5) is 0 Å². The zero-order chi connectivity index (χ0) is 29.7. The van der Waals surface area contributed by atoms with Crippen molar-refractivity contribution in [1.82, 2.24) is 4.98 Å². The highest BCUT2D eigenvalue weighted by atomic mass is 16.5. The van der Waals surface area contributed by atoms with Crippen molar-refractivity contribution in [3.05, 3.63) is 125 Å². The summed E-state index contributed by atoms with van der Waals surface area (Å²) < 4.78 is 17.9. The molecule has 1 unspecified atom stereocenters. The number of hydrogen-bond donors (Lipinski definition) is 1. The Morgan fingerprint density at radius 1 is 0.810 bits per heavy atom. The minimum atomic E-state index is -1.41. The quantitative estimate of drug-likeness (QED) is 0.176. The standard InChI is InChI=1S/C36H35NO5/c1-24-10-17-32(22-25(24)2)42-36(4,35(38)39)23-27-11-18-31(19-12-27)40-21-20-33-26(3)41-34(37-33)30-15-13-29(14-16-30)28-8-6-5-7-9-28/h5-19,22H,20-21,23H2,1-4H3,(H,38,39). The maximum Gasteiger partial charge on any atom is 0.348 e. The first-order valence-electron chi connectivity index (χ1n) is 14.0. The molecule has 4 aromatic carbocycles. The molecule has 214 valence electrons. The van der Waals surface area contributed by atoms with Crippen molar-refractivity contribution in [3.63, 3.8) is 0 Å². The lowest BCUT2D eigenvalue weighted by molar-refractivity contribution is -0.153. The molecule has 0 aliphatic rings. The molecule has 0 radical (unpaired) electrons. The molecule has 0 amide bonds. The maximum atomic E-state index is 12.2. The third-order valence-corrected chi connectivity index (χ3v) is 7.48. The van der Waals surface area contributed by atoms with Crippen LogP contribution < -0.4 is 9.47 Å². The third-order valence-electron chi connectivity index (χ3n) is 7.48. The van der Waals surface area contributed by atoms with Crippen molar-refractivity contribution in [1.29, 1.82) is 0 Å². The Morgan fingerprint density at radius 2 is 1.45 bits per heavy atom. The van der Waals surface area contributed by atoms with Crippen LogP contribution in [0.15, 0.2) is 101 Å². The fourth-order valence-electron chi connectivity index (χ4n) is 4.77. The molecule has 0 aliphatic heterocycles. The van der Waals surface area contributed by atoms with E-state index in [2.05, 4.69) is 24.3 Å². The Labute approximate surface area is 246 Å². The van der Waals surface area contributed by atoms with Gasteiger partial charge in [-0.1, -0.05) is 60.7 Å². The number of aliphatic carboxylic acids is 1. The van der Waals surface area contributed by atoms with Gasteiger partial charge in [0.2, 0.25) is 11.5 Å². The van der Waals surface area contributed by atoms with Gasteiger partial charge in [0.1, 0.15) is 17.3 Å². The van der Waals surface area contributed by atoms with Gasteiger partial charge in [0.05, 0.1) is 12.3 Å². The zero-order valence-corrected chi connectivity index (χ0v) is 24.4. The average Bonchev–Trinajstić information content (AvgIpc) is 3.36. The van der Waals surface area contributed by atoms with Gasteiger partial charge in [-0.05, 0) is 91.9 Å². The number of benzene rings is 4. The van der Waals surface area contributed by atoms with E-state index in [9.17, 15) is 9.90 Å². The number of rotatable bonds is 11. The Morgan fingerprint density at radius 3 is 2.12 bits per heavy atom. The van der Waals surface area contributed by atoms with E-state index in [1.54, 1.807) is 6.92 Å². The van der Waals surface area contributed by atoms with Gasteiger partial charge >= 0.3 is 5.97 Å². The number of ether oxygens (including phenoxy) is 2. The topological polar surface area (TPSA) is 81.8 Å². The van der Waals surface area contributed by atoms with E-state index < -0.39 is 11.6 Å². The zero-order valence-electron chi connectivity index (χ0n) is 24.4. The molecule has 42 heavy (non-hydrogen) atoms. The van der Waals surface area contributed by atoms with Crippen molar-refractivity contribution in [2.75, 3.05) is 6.61 Å². The van der Waals surface area contributed by atoms with Crippen LogP contribution in [0.1, 0.15) is 35.1 Å². The van der Waals surface area contributed by atoms with Gasteiger partial charge in [-0.2, -0.15) is 0 Å². The van der Waals surface area contributed by atoms with Crippen molar-refractivity contribution < 1.29 is 23.8 Å². The van der Waals surface area contributed by atoms with Crippen LogP contribution in [0.2, 0.25) is 0 Å². The molecular formula is C36H35NO5. The second-order valence-electron chi connectivity index (χ2n) is 10.8. The first-order valence-corrected chi connectivity index (χ1v) is 14.0. The normalized spacial score (nSPS) is 12.5. The Balaban J connectivity index is 1.17. The molecule has 0 fully saturated rings. The summed E-state index contributed by atoms with van der Waals surface area (Å²) in [6.07, 6.45) is 0.808. The summed E-state index contributed by atoms with van der Waals surface area (Å²) in [7, 11) is 0. The molecule has 0 saturated carbocycles. The molecule has 0 saturated heterocycles. The van der Waals surface area contributed by atoms with E-state index in [1.807, 2.05) is 93.6 Å². The van der Waals surface area contributed by atoms with E-state index >= 15 is 0 Å². The second-order valence-corrected chi connectivity index (χ2v) is 10.8. The van der Waals surface area contributed by atoms with Crippen molar-refractivity contribution in [3.8, 4) is 34.1 Å². The molecule has 1 atom stereocenters. The van der Waals surface area contributed by atoms with E-state index in [0.29, 0.717) is 30.4 Å². The SMILES string of the molecule is Cc1ccc(OC(C)(Cc2ccc(OCCc3nc(-c4ccc(-c5ccccc5)cc4)oc3C)cc2)C(=O)O)cc1C. The van der Waals surface area contributed by atoms with Crippen molar-refractivity contribution in [2.24, 2.45) is 0 Å². The summed E-state index contributed by atoms with van der Waals surface area (Å²) in [4.78, 5) is 16.9. The number of oxazole rings is 1. The number of carboxylic acid groups (broad SMARTS) is 1. The van der Waals surface area contributed by atoms with Gasteiger partial charge in [-0.15, -0.1) is 0 Å². The van der Waals surface area contributed by atoms with Gasteiger partial charge in [-0.3, -0.25) is 0 Å². The third kappa shape index (κ3) is 6.72. The molecule has 1 aromatic heterocycles. The predicted molar refractivity (Wildman–Crippen MR) is 164 cm³/mol. The van der Waals surface area contributed by atoms with Gasteiger partial charge < -0.3 is 19.0 Å². The largest absolute Gasteiger partial charge is 0.493 e. The van der Waals surface area contributed by atoms with Crippen LogP contribution in [0, 0.1) is 20.8 Å². The minimum Gasteiger partial charge on any atom is -0.493 e. The van der Waals surface area contributed by atoms with Crippen LogP contribution >= 0.6 is 0 Å². The van der Waals surface area contributed by atoms with E-state index in [4.69, 9.17) is 18.9 Å². The summed E-state index contributed by atoms with van der Waals surface area (Å²) in [5.74, 6) is 1.58. The summed E-state index contributed by atoms with van der Waals surface area (Å²) in [5.41, 5.74) is 5.70. The summed E-state index contributed by atoms with van der Waals surface area (Å²) in [5, 5.41) is 9.95. The van der Waals surface area contributed by atoms with Gasteiger partial charge in [-0.25, -0.2) is 9.78 Å². The monoisotopic (exact) mass is 561 g/mol. The van der Waals surface area contributed by atoms with E-state index in [1.165, 1.54) is 5.56 Å². The summed E-state index contributed by atoms with van der Waals surface area (Å²) >= 11 is 0. The number of nitrogens with zero attached hydrogens (tertiary/aromatic N) is 1. The fourth-order valence-corrected chi connectivity index (χ4v) is 4.77. The highest BCUT2D eigenvalue weighted by Crippen LogP contribution is 2.28. The summed E-state index contributed by atoms with van der Waals surface area (Å²) in [6, 6.07) is 31.5. The average molecular weight is 562 g/mol. The smallest absolute Gasteiger partial charge is 0.348 e. The molecule has 6 heteroatoms. The fraction of sp³-hybridized carbons (Fsp3) is 0.222. The number of carboxylic acids is 1. The van der Waals surface area contributed by atoms with Crippen LogP contribution in [0.25, 0.3) is 22.6 Å². The molecule has 0 aliphatic carbocycles. The first-order chi connectivity index (χ1) is 20.2. The Kier molecular flexibility index (Phi) is 8.43. The molecule has 0 bridgehead atoms. The number of carbonyl (C=O) groups is 1. The second kappa shape index (κ2) is 12.4. The van der Waals surface area contributed by atoms with E-state index in [0.717, 1.165) is 39.3 Å². The number of aryl methyl sites for hydroxylation is 3. The predicted octanol–water partition coefficient (Wildman–Crippen LogP) is 8.02. The number of hydrogen-bond acceptors (Lipinski definition) is 5. The van der Waals surface area contributed by atoms with Crippen LogP contribution in [0.5, 0.6) is 11.5 Å². The van der Waals surface area contributed by atoms with Crippen LogP contribution in [0.3, 0.4) is 0 Å². The lowest BCUT2D eigenvalue weighted by atomic mass is 9.96. The van der Waals surface area contributed by atoms with Crippen LogP contribution in [-0.2, 0) is 17.6 Å². The molecular weight excluding hydrogens is 526 g/mol. The number of aromatic nitrogens is 1. The molecule has 5 rings (SSSR count). The highest BCUT2D eigenvalue weighted by molar-refractivity contribution is 5.78. The molecule has 6 nitrogen and oxygen atoms in total. The lowest BCUT2D eigenvalue weighted by Crippen LogP contribution is -2.43. The molecule has 5 aromatic rings. The van der Waals surface area contributed by atoms with Crippen molar-refractivity contribution >= 4 is 5.97 Å². The van der Waals surface area contributed by atoms with Crippen LogP contribution in [-0.4, -0.2) is 28.3 Å². The van der Waals surface area contributed by atoms with E-state index in [-0.39, 0.29) is 6.42 Å². The Hall–Kier alpha value is -4.84. The Bertz CT molecular complexity index is 1660. The first kappa shape index (κ1) is 28.7. The van der Waals surface area contributed by atoms with Gasteiger partial charge in [0, 0.05) is 18.4 Å². The molecule has 1 heterocycles. The maximum absolute atomic E-state index is 12.2.